The van der Waals surface area contributed by atoms with Crippen molar-refractivity contribution < 1.29 is 0 Å². The summed E-state index contributed by atoms with van der Waals surface area (Å²) in [5.41, 5.74) is 19.3. The molecule has 0 N–H and O–H groups in total. The van der Waals surface area contributed by atoms with Gasteiger partial charge in [-0.1, -0.05) is 328 Å². The molecule has 0 spiro atoms. The summed E-state index contributed by atoms with van der Waals surface area (Å²) < 4.78 is 9.64. The summed E-state index contributed by atoms with van der Waals surface area (Å²) in [5, 5.41) is 29.1. The van der Waals surface area contributed by atoms with Gasteiger partial charge in [0.25, 0.3) is 0 Å². The van der Waals surface area contributed by atoms with Crippen LogP contribution >= 0.6 is 0 Å². The third-order valence-corrected chi connectivity index (χ3v) is 26.9. The molecule has 0 aliphatic heterocycles. The highest BCUT2D eigenvalue weighted by Crippen LogP contribution is 2.46. The average molecular weight is 1680 g/mol. The highest BCUT2D eigenvalue weighted by Gasteiger charge is 2.25. The summed E-state index contributed by atoms with van der Waals surface area (Å²) in [6.45, 7) is 0. The van der Waals surface area contributed by atoms with Crippen LogP contribution in [0.2, 0.25) is 0 Å². The van der Waals surface area contributed by atoms with Gasteiger partial charge in [-0.05, 0) is 208 Å². The molecule has 0 radical (unpaired) electrons. The van der Waals surface area contributed by atoms with Crippen LogP contribution in [0.5, 0.6) is 0 Å². The molecule has 0 unspecified atom stereocenters. The standard InChI is InChI=1S/2C61H37N5/c1-2-15-40(16-3-1)59-62-60(64-61(63-59)44-28-31-49-42(33-44)26-25-38-13-4-6-19-48(38)49)43-17-12-18-46(34-43)66-54-23-10-8-21-51(54)53-36-45-35-47(30-27-41(45)37-57(53)66)65-55-24-11-9-22-52(55)58-50-20-7-5-14-39(50)29-32-56(58)65;1-2-16-39(17-3-1)59-62-60(64-61(63-59)53-35-42-20-7-8-23-46(42)48-25-10-11-26-49(48)53)43-21-14-22-44(33-43)66-55-32-30-45(37-52(55)51-34-40-18-4-5-19-41(40)36-57(51)66)65-54-28-13-12-27-50(54)58-47-24-9-6-15-38(47)29-31-56(58)65/h2*1-37H. The Hall–Kier alpha value is -17.9. The van der Waals surface area contributed by atoms with Crippen molar-refractivity contribution in [2.75, 3.05) is 0 Å². The lowest BCUT2D eigenvalue weighted by molar-refractivity contribution is 1.07. The number of aromatic nitrogens is 10. The largest absolute Gasteiger partial charge is 0.309 e. The molecule has 0 amide bonds. The number of hydrogen-bond donors (Lipinski definition) is 0. The highest BCUT2D eigenvalue weighted by molar-refractivity contribution is 6.24. The van der Waals surface area contributed by atoms with Crippen molar-refractivity contribution in [1.82, 2.24) is 48.2 Å². The molecular formula is C122H74N10. The monoisotopic (exact) mass is 1680 g/mol. The van der Waals surface area contributed by atoms with E-state index >= 15 is 0 Å². The fourth-order valence-electron chi connectivity index (χ4n) is 20.9. The smallest absolute Gasteiger partial charge is 0.164 e. The molecule has 6 aromatic heterocycles. The van der Waals surface area contributed by atoms with Gasteiger partial charge in [0.15, 0.2) is 34.9 Å². The first-order chi connectivity index (χ1) is 65.4. The van der Waals surface area contributed by atoms with Gasteiger partial charge in [0.05, 0.1) is 44.1 Å². The fraction of sp³-hybridized carbons (Fsp3) is 0. The van der Waals surface area contributed by atoms with Crippen molar-refractivity contribution in [3.8, 4) is 91.1 Å². The lowest BCUT2D eigenvalue weighted by atomic mass is 9.97. The molecule has 0 atom stereocenters. The molecule has 0 aliphatic carbocycles. The van der Waals surface area contributed by atoms with Crippen LogP contribution in [-0.4, -0.2) is 48.2 Å². The van der Waals surface area contributed by atoms with E-state index in [2.05, 4.69) is 431 Å². The maximum atomic E-state index is 5.32. The van der Waals surface area contributed by atoms with Crippen LogP contribution in [0.15, 0.2) is 449 Å². The molecule has 0 aliphatic rings. The maximum Gasteiger partial charge on any atom is 0.164 e. The van der Waals surface area contributed by atoms with E-state index in [9.17, 15) is 0 Å². The van der Waals surface area contributed by atoms with Crippen LogP contribution in [0, 0.1) is 0 Å². The lowest BCUT2D eigenvalue weighted by Crippen LogP contribution is -2.01. The van der Waals surface area contributed by atoms with Gasteiger partial charge >= 0.3 is 0 Å². The molecule has 0 bridgehead atoms. The van der Waals surface area contributed by atoms with E-state index in [1.165, 1.54) is 135 Å². The highest BCUT2D eigenvalue weighted by atomic mass is 15.1. The quantitative estimate of drug-likeness (QED) is 0.127. The predicted octanol–water partition coefficient (Wildman–Crippen LogP) is 31.4. The van der Waals surface area contributed by atoms with E-state index in [1.54, 1.807) is 0 Å². The van der Waals surface area contributed by atoms with Gasteiger partial charge in [-0.3, -0.25) is 0 Å². The molecular weight excluding hydrogens is 1610 g/mol. The van der Waals surface area contributed by atoms with Crippen molar-refractivity contribution in [3.63, 3.8) is 0 Å². The van der Waals surface area contributed by atoms with Gasteiger partial charge < -0.3 is 18.3 Å². The Morgan fingerprint density at radius 2 is 0.455 bits per heavy atom. The van der Waals surface area contributed by atoms with E-state index in [-0.39, 0.29) is 0 Å². The minimum absolute atomic E-state index is 0.616. The van der Waals surface area contributed by atoms with Gasteiger partial charge in [-0.2, -0.15) is 0 Å². The van der Waals surface area contributed by atoms with Crippen molar-refractivity contribution in [2.45, 2.75) is 0 Å². The Morgan fingerprint density at radius 1 is 0.129 bits per heavy atom. The van der Waals surface area contributed by atoms with Crippen LogP contribution in [0.1, 0.15) is 0 Å². The Morgan fingerprint density at radius 3 is 1.03 bits per heavy atom. The topological polar surface area (TPSA) is 97.1 Å². The second-order valence-electron chi connectivity index (χ2n) is 34.4. The number of nitrogens with zero attached hydrogens (tertiary/aromatic N) is 10. The van der Waals surface area contributed by atoms with Crippen LogP contribution in [0.3, 0.4) is 0 Å². The number of para-hydroxylation sites is 3. The Bertz CT molecular complexity index is 9700. The Kier molecular flexibility index (Phi) is 16.9. The zero-order valence-corrected chi connectivity index (χ0v) is 71.2. The summed E-state index contributed by atoms with van der Waals surface area (Å²) in [6.07, 6.45) is 0. The first kappa shape index (κ1) is 74.4. The van der Waals surface area contributed by atoms with Crippen molar-refractivity contribution >= 4 is 173 Å². The Balaban J connectivity index is 0.000000135. The van der Waals surface area contributed by atoms with Crippen molar-refractivity contribution in [1.29, 1.82) is 0 Å². The number of fused-ring (bicyclic) bond motifs is 24. The van der Waals surface area contributed by atoms with Gasteiger partial charge in [0.1, 0.15) is 0 Å². The Labute approximate surface area is 756 Å². The van der Waals surface area contributed by atoms with Gasteiger partial charge in [0, 0.05) is 99.2 Å². The molecule has 28 aromatic rings. The molecule has 612 valence electrons. The molecule has 28 rings (SSSR count). The fourth-order valence-corrected chi connectivity index (χ4v) is 20.9. The molecule has 10 heteroatoms. The van der Waals surface area contributed by atoms with Gasteiger partial charge in [-0.25, -0.2) is 29.9 Å². The van der Waals surface area contributed by atoms with Crippen LogP contribution < -0.4 is 0 Å². The SMILES string of the molecule is c1ccc(-c2nc(-c3cccc(-n4c5ccc(-n6c7ccccc7c7c8ccccc8ccc76)cc5c5cc6ccccc6cc54)c3)nc(-c3cc4ccccc4c4ccccc34)n2)cc1.c1ccc(-c2nc(-c3cccc(-n4c5ccccc5c5cc6cc(-n7c8ccccc8c8c9ccccc9ccc87)ccc6cc54)c3)nc(-c3ccc4c(ccc5ccccc54)c3)n2)cc1. The van der Waals surface area contributed by atoms with E-state index < -0.39 is 0 Å². The zero-order chi connectivity index (χ0) is 86.6. The zero-order valence-electron chi connectivity index (χ0n) is 71.2. The first-order valence-electron chi connectivity index (χ1n) is 44.9. The van der Waals surface area contributed by atoms with Gasteiger partial charge in [-0.15, -0.1) is 0 Å². The van der Waals surface area contributed by atoms with E-state index in [4.69, 9.17) is 29.9 Å². The normalized spacial score (nSPS) is 11.9. The third kappa shape index (κ3) is 12.0. The molecule has 22 aromatic carbocycles. The summed E-state index contributed by atoms with van der Waals surface area (Å²) in [7, 11) is 0. The minimum atomic E-state index is 0.616. The summed E-state index contributed by atoms with van der Waals surface area (Å²) in [5.74, 6) is 3.78. The number of benzene rings is 22. The molecule has 10 nitrogen and oxygen atoms in total. The summed E-state index contributed by atoms with van der Waals surface area (Å²) >= 11 is 0. The molecule has 132 heavy (non-hydrogen) atoms. The second kappa shape index (κ2) is 29.9. The molecule has 0 saturated heterocycles. The molecule has 6 heterocycles. The molecule has 0 fully saturated rings. The summed E-state index contributed by atoms with van der Waals surface area (Å²) in [4.78, 5) is 31.1. The van der Waals surface area contributed by atoms with Gasteiger partial charge in [0.2, 0.25) is 0 Å². The maximum absolute atomic E-state index is 5.32. The summed E-state index contributed by atoms with van der Waals surface area (Å²) in [6, 6.07) is 161. The van der Waals surface area contributed by atoms with Crippen molar-refractivity contribution in [2.24, 2.45) is 0 Å². The third-order valence-electron chi connectivity index (χ3n) is 26.9. The predicted molar refractivity (Wildman–Crippen MR) is 550 cm³/mol. The van der Waals surface area contributed by atoms with E-state index in [0.717, 1.165) is 94.4 Å². The first-order valence-corrected chi connectivity index (χ1v) is 44.9. The van der Waals surface area contributed by atoms with Crippen molar-refractivity contribution in [3.05, 3.63) is 449 Å². The number of rotatable bonds is 10. The minimum Gasteiger partial charge on any atom is -0.309 e. The average Bonchev–Trinajstić information content (AvgIpc) is 1.57. The van der Waals surface area contributed by atoms with E-state index in [1.807, 2.05) is 36.4 Å². The number of hydrogen-bond acceptors (Lipinski definition) is 6. The lowest BCUT2D eigenvalue weighted by Gasteiger charge is -2.14. The van der Waals surface area contributed by atoms with E-state index in [0.29, 0.717) is 34.9 Å². The van der Waals surface area contributed by atoms with Crippen LogP contribution in [-0.2, 0) is 0 Å². The van der Waals surface area contributed by atoms with Crippen LogP contribution in [0.25, 0.3) is 264 Å². The molecule has 0 saturated carbocycles. The second-order valence-corrected chi connectivity index (χ2v) is 34.4. The van der Waals surface area contributed by atoms with Crippen LogP contribution in [0.4, 0.5) is 0 Å².